The Kier molecular flexibility index (Phi) is 12.0. The van der Waals surface area contributed by atoms with Crippen molar-refractivity contribution in [2.75, 3.05) is 0 Å². The van der Waals surface area contributed by atoms with Crippen LogP contribution in [0.2, 0.25) is 0 Å². The quantitative estimate of drug-likeness (QED) is 0.132. The summed E-state index contributed by atoms with van der Waals surface area (Å²) in [5.74, 6) is -1.67. The lowest BCUT2D eigenvalue weighted by molar-refractivity contribution is -0.146. The first-order chi connectivity index (χ1) is 20.3. The van der Waals surface area contributed by atoms with Gasteiger partial charge in [0.1, 0.15) is 12.2 Å². The zero-order valence-electron chi connectivity index (χ0n) is 23.4. The fraction of sp³-hybridized carbons (Fsp3) is 0.324. The Hall–Kier alpha value is -3.23. The van der Waals surface area contributed by atoms with E-state index in [0.717, 1.165) is 39.3 Å². The lowest BCUT2D eigenvalue weighted by atomic mass is 9.89. The fourth-order valence-electron chi connectivity index (χ4n) is 5.19. The molecule has 1 heterocycles. The molecule has 220 valence electrons. The number of carbonyl (C=O) groups is 3. The van der Waals surface area contributed by atoms with Crippen molar-refractivity contribution in [1.82, 2.24) is 0 Å². The van der Waals surface area contributed by atoms with Crippen LogP contribution in [0.25, 0.3) is 12.2 Å². The van der Waals surface area contributed by atoms with E-state index in [2.05, 4.69) is 44.0 Å². The maximum Gasteiger partial charge on any atom is 0.331 e. The smallest absolute Gasteiger partial charge is 0.331 e. The van der Waals surface area contributed by atoms with Gasteiger partial charge in [-0.15, -0.1) is 0 Å². The molecule has 42 heavy (non-hydrogen) atoms. The second-order valence-corrected chi connectivity index (χ2v) is 12.1. The van der Waals surface area contributed by atoms with E-state index < -0.39 is 24.0 Å². The summed E-state index contributed by atoms with van der Waals surface area (Å²) in [6.07, 6.45) is 15.6. The Morgan fingerprint density at radius 1 is 0.881 bits per heavy atom. The van der Waals surface area contributed by atoms with Crippen molar-refractivity contribution in [2.45, 2.75) is 57.3 Å². The molecule has 6 nitrogen and oxygen atoms in total. The molecule has 1 aliphatic carbocycles. The van der Waals surface area contributed by atoms with Crippen molar-refractivity contribution in [2.24, 2.45) is 11.8 Å². The molecule has 0 amide bonds. The van der Waals surface area contributed by atoms with Crippen LogP contribution in [0.4, 0.5) is 0 Å². The SMILES string of the molecule is C[C@H]1CCC/C=C/[C@@H]2C[C@H](OC(=O)/C=C/c3ccccc3Br)C[C@H]2[C@H](OC(=O)/C=C/c2ccccc2Br)C=CC(=O)O1. The number of carbonyl (C=O) groups excluding carboxylic acids is 3. The Labute approximate surface area is 263 Å². The van der Waals surface area contributed by atoms with Crippen LogP contribution in [0.15, 0.2) is 93.9 Å². The minimum absolute atomic E-state index is 0.0149. The Bertz CT molecular complexity index is 1380. The first-order valence-corrected chi connectivity index (χ1v) is 15.7. The van der Waals surface area contributed by atoms with E-state index in [-0.39, 0.29) is 24.0 Å². The maximum atomic E-state index is 13.0. The van der Waals surface area contributed by atoms with Crippen LogP contribution in [0, 0.1) is 11.8 Å². The number of fused-ring (bicyclic) bond motifs is 1. The van der Waals surface area contributed by atoms with Crippen molar-refractivity contribution in [1.29, 1.82) is 0 Å². The summed E-state index contributed by atoms with van der Waals surface area (Å²) in [7, 11) is 0. The number of ether oxygens (including phenoxy) is 3. The standard InChI is InChI=1S/C34H34Br2O6/c1-23-9-3-2-4-12-26-21-27(41-33(38)18-15-24-10-5-7-13-29(24)35)22-28(26)31(17-20-32(37)40-23)42-34(39)19-16-25-11-6-8-14-30(25)36/h4-8,10-20,23,26-28,31H,2-3,9,21-22H2,1H3/b12-4+,18-15+,19-16+,20-17?/t23-,26+,27-,28+,31+/m0/s1. The van der Waals surface area contributed by atoms with Crippen molar-refractivity contribution in [3.8, 4) is 0 Å². The van der Waals surface area contributed by atoms with Gasteiger partial charge in [0, 0.05) is 33.1 Å². The number of benzene rings is 2. The van der Waals surface area contributed by atoms with Crippen LogP contribution >= 0.6 is 31.9 Å². The highest BCUT2D eigenvalue weighted by atomic mass is 79.9. The second kappa shape index (κ2) is 15.8. The van der Waals surface area contributed by atoms with Gasteiger partial charge in [-0.2, -0.15) is 0 Å². The topological polar surface area (TPSA) is 78.9 Å². The van der Waals surface area contributed by atoms with E-state index in [9.17, 15) is 14.4 Å². The normalized spacial score (nSPS) is 25.6. The Balaban J connectivity index is 1.52. The van der Waals surface area contributed by atoms with Gasteiger partial charge in [0.05, 0.1) is 6.10 Å². The monoisotopic (exact) mass is 696 g/mol. The van der Waals surface area contributed by atoms with Gasteiger partial charge in [0.15, 0.2) is 0 Å². The Morgan fingerprint density at radius 2 is 1.50 bits per heavy atom. The third-order valence-electron chi connectivity index (χ3n) is 7.29. The fourth-order valence-corrected chi connectivity index (χ4v) is 6.03. The maximum absolute atomic E-state index is 13.0. The van der Waals surface area contributed by atoms with E-state index in [4.69, 9.17) is 14.2 Å². The minimum atomic E-state index is -0.723. The molecule has 8 heteroatoms. The summed E-state index contributed by atoms with van der Waals surface area (Å²) in [6, 6.07) is 15.1. The summed E-state index contributed by atoms with van der Waals surface area (Å²) in [6.45, 7) is 1.87. The van der Waals surface area contributed by atoms with Gasteiger partial charge < -0.3 is 14.2 Å². The van der Waals surface area contributed by atoms with Crippen molar-refractivity contribution >= 4 is 61.9 Å². The molecule has 0 spiro atoms. The summed E-state index contributed by atoms with van der Waals surface area (Å²) in [5, 5.41) is 0. The molecule has 1 aliphatic heterocycles. The van der Waals surface area contributed by atoms with E-state index in [1.54, 1.807) is 18.2 Å². The Morgan fingerprint density at radius 3 is 2.14 bits per heavy atom. The minimum Gasteiger partial charge on any atom is -0.460 e. The molecule has 2 aliphatic rings. The zero-order chi connectivity index (χ0) is 29.9. The van der Waals surface area contributed by atoms with Crippen LogP contribution in [0.3, 0.4) is 0 Å². The molecule has 1 saturated carbocycles. The van der Waals surface area contributed by atoms with E-state index in [1.807, 2.05) is 55.5 Å². The predicted molar refractivity (Wildman–Crippen MR) is 170 cm³/mol. The molecule has 2 aromatic rings. The molecule has 0 saturated heterocycles. The van der Waals surface area contributed by atoms with E-state index >= 15 is 0 Å². The van der Waals surface area contributed by atoms with Crippen LogP contribution in [0.5, 0.6) is 0 Å². The lowest BCUT2D eigenvalue weighted by Gasteiger charge is -2.24. The molecule has 0 unspecified atom stereocenters. The number of esters is 3. The van der Waals surface area contributed by atoms with Gasteiger partial charge in [0.2, 0.25) is 0 Å². The second-order valence-electron chi connectivity index (χ2n) is 10.4. The van der Waals surface area contributed by atoms with Gasteiger partial charge in [-0.1, -0.05) is 80.4 Å². The van der Waals surface area contributed by atoms with Crippen molar-refractivity contribution in [3.63, 3.8) is 0 Å². The number of rotatable bonds is 6. The largest absolute Gasteiger partial charge is 0.460 e. The first-order valence-electron chi connectivity index (χ1n) is 14.1. The van der Waals surface area contributed by atoms with E-state index in [0.29, 0.717) is 12.8 Å². The van der Waals surface area contributed by atoms with Crippen LogP contribution in [-0.2, 0) is 28.6 Å². The average molecular weight is 698 g/mol. The highest BCUT2D eigenvalue weighted by Crippen LogP contribution is 2.39. The van der Waals surface area contributed by atoms with Gasteiger partial charge in [-0.05, 0) is 86.4 Å². The molecule has 0 bridgehead atoms. The molecule has 0 aromatic heterocycles. The van der Waals surface area contributed by atoms with Gasteiger partial charge in [0.25, 0.3) is 0 Å². The van der Waals surface area contributed by atoms with Gasteiger partial charge >= 0.3 is 17.9 Å². The summed E-state index contributed by atoms with van der Waals surface area (Å²) >= 11 is 6.96. The van der Waals surface area contributed by atoms with Crippen LogP contribution < -0.4 is 0 Å². The number of hydrogen-bond acceptors (Lipinski definition) is 6. The number of halogens is 2. The number of cyclic esters (lactones) is 1. The molecule has 0 N–H and O–H groups in total. The first kappa shape index (κ1) is 31.7. The zero-order valence-corrected chi connectivity index (χ0v) is 26.5. The third-order valence-corrected chi connectivity index (χ3v) is 8.73. The molecule has 1 fully saturated rings. The van der Waals surface area contributed by atoms with Gasteiger partial charge in [-0.25, -0.2) is 14.4 Å². The third kappa shape index (κ3) is 9.66. The van der Waals surface area contributed by atoms with Gasteiger partial charge in [-0.3, -0.25) is 0 Å². The molecular weight excluding hydrogens is 664 g/mol. The lowest BCUT2D eigenvalue weighted by Crippen LogP contribution is -2.27. The van der Waals surface area contributed by atoms with Crippen LogP contribution in [0.1, 0.15) is 50.2 Å². The summed E-state index contributed by atoms with van der Waals surface area (Å²) < 4.78 is 19.0. The molecule has 4 rings (SSSR count). The van der Waals surface area contributed by atoms with Crippen LogP contribution in [-0.4, -0.2) is 36.2 Å². The van der Waals surface area contributed by atoms with E-state index in [1.165, 1.54) is 18.2 Å². The highest BCUT2D eigenvalue weighted by molar-refractivity contribution is 9.10. The molecule has 0 radical (unpaired) electrons. The summed E-state index contributed by atoms with van der Waals surface area (Å²) in [5.41, 5.74) is 1.71. The highest BCUT2D eigenvalue weighted by Gasteiger charge is 2.40. The number of allylic oxidation sites excluding steroid dienone is 2. The number of hydrogen-bond donors (Lipinski definition) is 0. The van der Waals surface area contributed by atoms with Crippen molar-refractivity contribution in [3.05, 3.63) is 105 Å². The predicted octanol–water partition coefficient (Wildman–Crippen LogP) is 8.02. The average Bonchev–Trinajstić information content (AvgIpc) is 3.35. The molecular formula is C34H34Br2O6. The summed E-state index contributed by atoms with van der Waals surface area (Å²) in [4.78, 5) is 38.2. The molecule has 5 atom stereocenters. The van der Waals surface area contributed by atoms with Crippen molar-refractivity contribution < 1.29 is 28.6 Å². The molecule has 2 aromatic carbocycles.